The Morgan fingerprint density at radius 1 is 0.973 bits per heavy atom. The number of carbonyl (C=O) groups excluding carboxylic acids is 2. The zero-order chi connectivity index (χ0) is 26.7. The standard InChI is InChI=1S/C28H24F3NO5/c1-3-14-37-22-9-5-7-18(16-22)25(33)23-24(17-6-4-8-21(15-17)36-2)32(27(35)26(23)34)20-12-10-19(11-13-20)28(29,30)31/h4-13,15-16,24,33H,3,14H2,1-2H3/b25-23+. The quantitative estimate of drug-likeness (QED) is 0.235. The predicted octanol–water partition coefficient (Wildman–Crippen LogP) is 6.13. The van der Waals surface area contributed by atoms with E-state index in [1.165, 1.54) is 7.11 Å². The Balaban J connectivity index is 1.88. The van der Waals surface area contributed by atoms with E-state index in [1.54, 1.807) is 48.5 Å². The monoisotopic (exact) mass is 511 g/mol. The van der Waals surface area contributed by atoms with Crippen LogP contribution in [0.1, 0.15) is 36.1 Å². The second-order valence-corrected chi connectivity index (χ2v) is 8.37. The fraction of sp³-hybridized carbons (Fsp3) is 0.214. The van der Waals surface area contributed by atoms with Crippen molar-refractivity contribution < 1.29 is 37.3 Å². The molecule has 4 rings (SSSR count). The van der Waals surface area contributed by atoms with Gasteiger partial charge in [-0.05, 0) is 60.5 Å². The van der Waals surface area contributed by atoms with Crippen LogP contribution in [0.3, 0.4) is 0 Å². The van der Waals surface area contributed by atoms with Crippen LogP contribution in [0.4, 0.5) is 18.9 Å². The molecule has 192 valence electrons. The SMILES string of the molecule is CCCOc1cccc(/C(O)=C2\C(=O)C(=O)N(c3ccc(C(F)(F)F)cc3)C2c2cccc(OC)c2)c1. The molecule has 1 heterocycles. The number of hydrogen-bond acceptors (Lipinski definition) is 5. The molecule has 3 aromatic carbocycles. The zero-order valence-electron chi connectivity index (χ0n) is 20.1. The number of amides is 1. The van der Waals surface area contributed by atoms with Gasteiger partial charge in [-0.15, -0.1) is 0 Å². The summed E-state index contributed by atoms with van der Waals surface area (Å²) in [5.74, 6) is -1.47. The lowest BCUT2D eigenvalue weighted by Gasteiger charge is -2.26. The summed E-state index contributed by atoms with van der Waals surface area (Å²) in [5, 5.41) is 11.3. The van der Waals surface area contributed by atoms with Gasteiger partial charge in [-0.3, -0.25) is 14.5 Å². The van der Waals surface area contributed by atoms with Crippen LogP contribution < -0.4 is 14.4 Å². The number of Topliss-reactive ketones (excluding diaryl/α,β-unsaturated/α-hetero) is 1. The van der Waals surface area contributed by atoms with Crippen LogP contribution in [-0.4, -0.2) is 30.5 Å². The van der Waals surface area contributed by atoms with Crippen LogP contribution >= 0.6 is 0 Å². The summed E-state index contributed by atoms with van der Waals surface area (Å²) in [6.07, 6.45) is -3.80. The fourth-order valence-corrected chi connectivity index (χ4v) is 4.15. The van der Waals surface area contributed by atoms with Crippen molar-refractivity contribution in [2.75, 3.05) is 18.6 Å². The van der Waals surface area contributed by atoms with Gasteiger partial charge in [-0.1, -0.05) is 31.2 Å². The summed E-state index contributed by atoms with van der Waals surface area (Å²) in [6.45, 7) is 2.40. The molecular formula is C28H24F3NO5. The first kappa shape index (κ1) is 25.8. The highest BCUT2D eigenvalue weighted by Crippen LogP contribution is 2.43. The number of ether oxygens (including phenoxy) is 2. The van der Waals surface area contributed by atoms with E-state index in [0.717, 1.165) is 35.6 Å². The summed E-state index contributed by atoms with van der Waals surface area (Å²) in [6, 6.07) is 15.8. The Morgan fingerprint density at radius 2 is 1.65 bits per heavy atom. The smallest absolute Gasteiger partial charge is 0.416 e. The van der Waals surface area contributed by atoms with E-state index in [4.69, 9.17) is 9.47 Å². The van der Waals surface area contributed by atoms with Crippen LogP contribution in [0.25, 0.3) is 5.76 Å². The summed E-state index contributed by atoms with van der Waals surface area (Å²) >= 11 is 0. The Labute approximate surface area is 211 Å². The highest BCUT2D eigenvalue weighted by molar-refractivity contribution is 6.51. The van der Waals surface area contributed by atoms with Crippen LogP contribution in [0.2, 0.25) is 0 Å². The van der Waals surface area contributed by atoms with Crippen LogP contribution in [-0.2, 0) is 15.8 Å². The first-order valence-electron chi connectivity index (χ1n) is 11.5. The molecule has 0 radical (unpaired) electrons. The first-order valence-corrected chi connectivity index (χ1v) is 11.5. The molecule has 0 spiro atoms. The second kappa shape index (κ2) is 10.4. The molecule has 1 unspecified atom stereocenters. The van der Waals surface area contributed by atoms with E-state index >= 15 is 0 Å². The molecule has 3 aromatic rings. The van der Waals surface area contributed by atoms with Gasteiger partial charge in [-0.2, -0.15) is 13.2 Å². The van der Waals surface area contributed by atoms with Gasteiger partial charge in [0.25, 0.3) is 11.7 Å². The number of nitrogens with zero attached hydrogens (tertiary/aromatic N) is 1. The van der Waals surface area contributed by atoms with Crippen molar-refractivity contribution in [2.24, 2.45) is 0 Å². The van der Waals surface area contributed by atoms with Crippen LogP contribution in [0.15, 0.2) is 78.4 Å². The van der Waals surface area contributed by atoms with Crippen molar-refractivity contribution >= 4 is 23.1 Å². The number of methoxy groups -OCH3 is 1. The molecule has 0 aromatic heterocycles. The lowest BCUT2D eigenvalue weighted by Crippen LogP contribution is -2.29. The van der Waals surface area contributed by atoms with Gasteiger partial charge in [0, 0.05) is 11.3 Å². The molecule has 1 saturated heterocycles. The van der Waals surface area contributed by atoms with E-state index < -0.39 is 35.2 Å². The Hall–Kier alpha value is -4.27. The molecule has 1 atom stereocenters. The molecule has 9 heteroatoms. The van der Waals surface area contributed by atoms with Gasteiger partial charge in [-0.25, -0.2) is 0 Å². The third-order valence-electron chi connectivity index (χ3n) is 5.91. The average molecular weight is 511 g/mol. The minimum absolute atomic E-state index is 0.0713. The van der Waals surface area contributed by atoms with E-state index in [0.29, 0.717) is 23.7 Å². The van der Waals surface area contributed by atoms with Gasteiger partial charge in [0.2, 0.25) is 0 Å². The van der Waals surface area contributed by atoms with E-state index in [9.17, 15) is 27.9 Å². The maximum absolute atomic E-state index is 13.3. The molecule has 37 heavy (non-hydrogen) atoms. The number of aliphatic hydroxyl groups is 1. The summed E-state index contributed by atoms with van der Waals surface area (Å²) < 4.78 is 50.3. The first-order chi connectivity index (χ1) is 17.7. The van der Waals surface area contributed by atoms with Crippen molar-refractivity contribution in [3.05, 3.63) is 95.1 Å². The van der Waals surface area contributed by atoms with Gasteiger partial charge < -0.3 is 14.6 Å². The zero-order valence-corrected chi connectivity index (χ0v) is 20.1. The topological polar surface area (TPSA) is 76.1 Å². The molecule has 1 aliphatic rings. The highest BCUT2D eigenvalue weighted by Gasteiger charge is 2.47. The van der Waals surface area contributed by atoms with Crippen molar-refractivity contribution in [1.82, 2.24) is 0 Å². The van der Waals surface area contributed by atoms with E-state index in [-0.39, 0.29) is 16.8 Å². The number of rotatable bonds is 7. The number of alkyl halides is 3. The lowest BCUT2D eigenvalue weighted by atomic mass is 9.95. The van der Waals surface area contributed by atoms with Crippen molar-refractivity contribution in [2.45, 2.75) is 25.6 Å². The fourth-order valence-electron chi connectivity index (χ4n) is 4.15. The minimum Gasteiger partial charge on any atom is -0.507 e. The van der Waals surface area contributed by atoms with Crippen molar-refractivity contribution in [3.63, 3.8) is 0 Å². The summed E-state index contributed by atoms with van der Waals surface area (Å²) in [5.41, 5.74) is -0.340. The number of benzene rings is 3. The third-order valence-corrected chi connectivity index (χ3v) is 5.91. The molecule has 1 aliphatic heterocycles. The average Bonchev–Trinajstić information content (AvgIpc) is 3.17. The number of ketones is 1. The number of carbonyl (C=O) groups is 2. The van der Waals surface area contributed by atoms with Crippen LogP contribution in [0.5, 0.6) is 11.5 Å². The molecular weight excluding hydrogens is 487 g/mol. The second-order valence-electron chi connectivity index (χ2n) is 8.37. The predicted molar refractivity (Wildman–Crippen MR) is 131 cm³/mol. The largest absolute Gasteiger partial charge is 0.507 e. The molecule has 1 amide bonds. The highest BCUT2D eigenvalue weighted by atomic mass is 19.4. The van der Waals surface area contributed by atoms with Crippen LogP contribution in [0, 0.1) is 0 Å². The van der Waals surface area contributed by atoms with Crippen molar-refractivity contribution in [3.8, 4) is 11.5 Å². The maximum Gasteiger partial charge on any atom is 0.416 e. The van der Waals surface area contributed by atoms with Gasteiger partial charge in [0.15, 0.2) is 0 Å². The molecule has 6 nitrogen and oxygen atoms in total. The van der Waals surface area contributed by atoms with Gasteiger partial charge in [0.1, 0.15) is 17.3 Å². The third kappa shape index (κ3) is 5.16. The summed E-state index contributed by atoms with van der Waals surface area (Å²) in [7, 11) is 1.45. The molecule has 1 N–H and O–H groups in total. The molecule has 0 saturated carbocycles. The number of hydrogen-bond donors (Lipinski definition) is 1. The minimum atomic E-state index is -4.57. The maximum atomic E-state index is 13.3. The molecule has 0 aliphatic carbocycles. The lowest BCUT2D eigenvalue weighted by molar-refractivity contribution is -0.137. The number of anilines is 1. The van der Waals surface area contributed by atoms with E-state index in [1.807, 2.05) is 6.92 Å². The molecule has 1 fully saturated rings. The van der Waals surface area contributed by atoms with Crippen molar-refractivity contribution in [1.29, 1.82) is 0 Å². The normalized spacial score (nSPS) is 17.2. The Bertz CT molecular complexity index is 1350. The molecule has 0 bridgehead atoms. The number of halogens is 3. The Kier molecular flexibility index (Phi) is 7.24. The number of aliphatic hydroxyl groups excluding tert-OH is 1. The van der Waals surface area contributed by atoms with Gasteiger partial charge >= 0.3 is 6.18 Å². The van der Waals surface area contributed by atoms with Gasteiger partial charge in [0.05, 0.1) is 30.9 Å². The Morgan fingerprint density at radius 3 is 2.30 bits per heavy atom. The van der Waals surface area contributed by atoms with E-state index in [2.05, 4.69) is 0 Å². The summed E-state index contributed by atoms with van der Waals surface area (Å²) in [4.78, 5) is 27.6.